The standard InChI is InChI=1S/C28H24BrNO6/c1-4-36-28(34)18-9-7-10-19(14-18)30-24(20-11-6-5-8-16(20)2)23(26(32)27(30)33)25(31)17-12-13-22(35-3)21(29)15-17/h5-15,24,31H,4H2,1-3H3/b25-23+. The van der Waals surface area contributed by atoms with Crippen LogP contribution in [0.4, 0.5) is 5.69 Å². The molecule has 0 saturated carbocycles. The fourth-order valence-electron chi connectivity index (χ4n) is 4.25. The zero-order valence-corrected chi connectivity index (χ0v) is 21.5. The van der Waals surface area contributed by atoms with Crippen LogP contribution in [0, 0.1) is 6.92 Å². The minimum atomic E-state index is -0.912. The number of halogens is 1. The van der Waals surface area contributed by atoms with Crippen molar-refractivity contribution >= 4 is 45.0 Å². The molecule has 1 aliphatic rings. The molecule has 1 aliphatic heterocycles. The fourth-order valence-corrected chi connectivity index (χ4v) is 4.79. The second-order valence-corrected chi connectivity index (χ2v) is 9.00. The number of ether oxygens (including phenoxy) is 2. The molecule has 4 rings (SSSR count). The maximum atomic E-state index is 13.4. The van der Waals surface area contributed by atoms with Crippen LogP contribution in [0.5, 0.6) is 5.75 Å². The van der Waals surface area contributed by atoms with E-state index in [1.54, 1.807) is 43.3 Å². The van der Waals surface area contributed by atoms with Crippen LogP contribution in [-0.2, 0) is 14.3 Å². The van der Waals surface area contributed by atoms with Gasteiger partial charge in [-0.15, -0.1) is 0 Å². The number of carbonyl (C=O) groups is 3. The summed E-state index contributed by atoms with van der Waals surface area (Å²) in [5.74, 6) is -1.92. The van der Waals surface area contributed by atoms with Crippen molar-refractivity contribution in [3.63, 3.8) is 0 Å². The average molecular weight is 550 g/mol. The zero-order valence-electron chi connectivity index (χ0n) is 19.9. The first-order valence-electron chi connectivity index (χ1n) is 11.3. The van der Waals surface area contributed by atoms with Crippen molar-refractivity contribution in [3.05, 3.63) is 99.0 Å². The van der Waals surface area contributed by atoms with Gasteiger partial charge in [-0.25, -0.2) is 4.79 Å². The summed E-state index contributed by atoms with van der Waals surface area (Å²) in [6.07, 6.45) is 0. The first-order valence-corrected chi connectivity index (χ1v) is 12.0. The maximum absolute atomic E-state index is 13.4. The van der Waals surface area contributed by atoms with Gasteiger partial charge in [0.05, 0.1) is 35.4 Å². The SMILES string of the molecule is CCOC(=O)c1cccc(N2C(=O)C(=O)/C(=C(/O)c3ccc(OC)c(Br)c3)C2c2ccccc2C)c1. The summed E-state index contributed by atoms with van der Waals surface area (Å²) in [6, 6.07) is 17.7. The third-order valence-corrected chi connectivity index (χ3v) is 6.61. The van der Waals surface area contributed by atoms with Gasteiger partial charge in [0.15, 0.2) is 0 Å². The summed E-state index contributed by atoms with van der Waals surface area (Å²) >= 11 is 3.40. The Bertz CT molecular complexity index is 1400. The Kier molecular flexibility index (Phi) is 7.26. The van der Waals surface area contributed by atoms with E-state index in [0.29, 0.717) is 27.0 Å². The Hall–Kier alpha value is -3.91. The molecule has 1 fully saturated rings. The molecule has 3 aromatic carbocycles. The van der Waals surface area contributed by atoms with E-state index in [1.165, 1.54) is 18.1 Å². The highest BCUT2D eigenvalue weighted by Gasteiger charge is 2.47. The van der Waals surface area contributed by atoms with Crippen molar-refractivity contribution in [2.24, 2.45) is 0 Å². The second-order valence-electron chi connectivity index (χ2n) is 8.15. The molecule has 0 spiro atoms. The molecule has 1 atom stereocenters. The highest BCUT2D eigenvalue weighted by molar-refractivity contribution is 9.10. The molecular formula is C28H24BrNO6. The number of carbonyl (C=O) groups excluding carboxylic acids is 3. The highest BCUT2D eigenvalue weighted by atomic mass is 79.9. The molecule has 1 amide bonds. The molecule has 0 aromatic heterocycles. The lowest BCUT2D eigenvalue weighted by Gasteiger charge is -2.27. The van der Waals surface area contributed by atoms with Gasteiger partial charge >= 0.3 is 5.97 Å². The van der Waals surface area contributed by atoms with Crippen LogP contribution in [-0.4, -0.2) is 36.5 Å². The molecule has 0 aliphatic carbocycles. The number of nitrogens with zero attached hydrogens (tertiary/aromatic N) is 1. The minimum absolute atomic E-state index is 0.0482. The van der Waals surface area contributed by atoms with Crippen LogP contribution in [0.15, 0.2) is 76.8 Å². The normalized spacial score (nSPS) is 16.8. The van der Waals surface area contributed by atoms with Gasteiger partial charge in [-0.2, -0.15) is 0 Å². The van der Waals surface area contributed by atoms with E-state index in [2.05, 4.69) is 15.9 Å². The molecule has 8 heteroatoms. The number of ketones is 1. The van der Waals surface area contributed by atoms with Gasteiger partial charge in [0.1, 0.15) is 11.5 Å². The average Bonchev–Trinajstić information content (AvgIpc) is 3.14. The van der Waals surface area contributed by atoms with Crippen molar-refractivity contribution in [2.75, 3.05) is 18.6 Å². The number of aliphatic hydroxyl groups excluding tert-OH is 1. The van der Waals surface area contributed by atoms with Crippen LogP contribution in [0.2, 0.25) is 0 Å². The van der Waals surface area contributed by atoms with Gasteiger partial charge in [-0.05, 0) is 77.3 Å². The summed E-state index contributed by atoms with van der Waals surface area (Å²) in [4.78, 5) is 40.5. The highest BCUT2D eigenvalue weighted by Crippen LogP contribution is 2.43. The molecule has 7 nitrogen and oxygen atoms in total. The topological polar surface area (TPSA) is 93.1 Å². The number of hydrogen-bond donors (Lipinski definition) is 1. The molecule has 0 bridgehead atoms. The lowest BCUT2D eigenvalue weighted by Crippen LogP contribution is -2.30. The summed E-state index contributed by atoms with van der Waals surface area (Å²) in [7, 11) is 1.52. The molecule has 0 radical (unpaired) electrons. The number of Topliss-reactive ketones (excluding diaryl/α,β-unsaturated/α-hetero) is 1. The first-order chi connectivity index (χ1) is 17.3. The van der Waals surface area contributed by atoms with Crippen molar-refractivity contribution < 1.29 is 29.0 Å². The van der Waals surface area contributed by atoms with E-state index in [0.717, 1.165) is 5.56 Å². The van der Waals surface area contributed by atoms with Crippen molar-refractivity contribution in [2.45, 2.75) is 19.9 Å². The largest absolute Gasteiger partial charge is 0.507 e. The van der Waals surface area contributed by atoms with E-state index in [4.69, 9.17) is 9.47 Å². The van der Waals surface area contributed by atoms with E-state index < -0.39 is 23.7 Å². The Morgan fingerprint density at radius 2 is 1.78 bits per heavy atom. The predicted molar refractivity (Wildman–Crippen MR) is 139 cm³/mol. The molecule has 1 N–H and O–H groups in total. The van der Waals surface area contributed by atoms with Gasteiger partial charge in [-0.3, -0.25) is 14.5 Å². The van der Waals surface area contributed by atoms with Gasteiger partial charge in [0, 0.05) is 11.3 Å². The summed E-state index contributed by atoms with van der Waals surface area (Å²) in [5, 5.41) is 11.3. The molecule has 36 heavy (non-hydrogen) atoms. The Labute approximate surface area is 217 Å². The number of aliphatic hydroxyl groups is 1. The number of amides is 1. The summed E-state index contributed by atoms with van der Waals surface area (Å²) < 4.78 is 10.9. The lowest BCUT2D eigenvalue weighted by atomic mass is 9.92. The predicted octanol–water partition coefficient (Wildman–Crippen LogP) is 5.57. The number of methoxy groups -OCH3 is 1. The van der Waals surface area contributed by atoms with Crippen molar-refractivity contribution in [3.8, 4) is 5.75 Å². The summed E-state index contributed by atoms with van der Waals surface area (Å²) in [6.45, 7) is 3.78. The molecule has 1 heterocycles. The van der Waals surface area contributed by atoms with Crippen LogP contribution < -0.4 is 9.64 Å². The van der Waals surface area contributed by atoms with Crippen LogP contribution in [0.3, 0.4) is 0 Å². The van der Waals surface area contributed by atoms with Gasteiger partial charge in [0.2, 0.25) is 0 Å². The van der Waals surface area contributed by atoms with E-state index >= 15 is 0 Å². The van der Waals surface area contributed by atoms with Gasteiger partial charge in [-0.1, -0.05) is 30.3 Å². The smallest absolute Gasteiger partial charge is 0.338 e. The third kappa shape index (κ3) is 4.52. The molecule has 184 valence electrons. The maximum Gasteiger partial charge on any atom is 0.338 e. The first kappa shape index (κ1) is 25.2. The lowest BCUT2D eigenvalue weighted by molar-refractivity contribution is -0.132. The Morgan fingerprint density at radius 1 is 1.03 bits per heavy atom. The number of hydrogen-bond acceptors (Lipinski definition) is 6. The number of benzene rings is 3. The fraction of sp³-hybridized carbons (Fsp3) is 0.179. The third-order valence-electron chi connectivity index (χ3n) is 5.99. The molecule has 1 saturated heterocycles. The van der Waals surface area contributed by atoms with Crippen LogP contribution >= 0.6 is 15.9 Å². The zero-order chi connectivity index (χ0) is 26.0. The molecular weight excluding hydrogens is 526 g/mol. The number of anilines is 1. The number of rotatable bonds is 6. The van der Waals surface area contributed by atoms with E-state index in [1.807, 2.05) is 31.2 Å². The van der Waals surface area contributed by atoms with E-state index in [9.17, 15) is 19.5 Å². The molecule has 1 unspecified atom stereocenters. The second kappa shape index (κ2) is 10.4. The Morgan fingerprint density at radius 3 is 2.44 bits per heavy atom. The quantitative estimate of drug-likeness (QED) is 0.187. The van der Waals surface area contributed by atoms with Crippen LogP contribution in [0.1, 0.15) is 40.0 Å². The number of esters is 1. The van der Waals surface area contributed by atoms with Crippen molar-refractivity contribution in [1.29, 1.82) is 0 Å². The Balaban J connectivity index is 1.93. The van der Waals surface area contributed by atoms with Gasteiger partial charge < -0.3 is 14.6 Å². The van der Waals surface area contributed by atoms with Crippen molar-refractivity contribution in [1.82, 2.24) is 0 Å². The number of aryl methyl sites for hydroxylation is 1. The van der Waals surface area contributed by atoms with Crippen LogP contribution in [0.25, 0.3) is 5.76 Å². The summed E-state index contributed by atoms with van der Waals surface area (Å²) in [5.41, 5.74) is 2.39. The minimum Gasteiger partial charge on any atom is -0.507 e. The molecule has 3 aromatic rings. The monoisotopic (exact) mass is 549 g/mol. The van der Waals surface area contributed by atoms with Gasteiger partial charge in [0.25, 0.3) is 11.7 Å². The van der Waals surface area contributed by atoms with E-state index in [-0.39, 0.29) is 23.5 Å².